The van der Waals surface area contributed by atoms with E-state index in [1.54, 1.807) is 12.3 Å². The van der Waals surface area contributed by atoms with E-state index in [4.69, 9.17) is 11.5 Å². The van der Waals surface area contributed by atoms with Crippen LogP contribution >= 0.6 is 0 Å². The van der Waals surface area contributed by atoms with E-state index in [0.717, 1.165) is 18.5 Å². The van der Waals surface area contributed by atoms with E-state index in [2.05, 4.69) is 10.3 Å². The number of rotatable bonds is 4. The number of amides is 1. The quantitative estimate of drug-likeness (QED) is 0.687. The highest BCUT2D eigenvalue weighted by Gasteiger charge is 2.35. The minimum absolute atomic E-state index is 0.00370. The van der Waals surface area contributed by atoms with Crippen LogP contribution in [0.3, 0.4) is 0 Å². The fourth-order valence-corrected chi connectivity index (χ4v) is 1.93. The maximum Gasteiger partial charge on any atom is 0.267 e. The zero-order valence-electron chi connectivity index (χ0n) is 9.07. The average Bonchev–Trinajstić information content (AvgIpc) is 2.24. The molecule has 1 aromatic heterocycles. The number of carbonyl (C=O) groups excluding carboxylic acids is 1. The van der Waals surface area contributed by atoms with Crippen LogP contribution in [0.5, 0.6) is 0 Å². The van der Waals surface area contributed by atoms with Gasteiger partial charge in [0.05, 0.1) is 0 Å². The van der Waals surface area contributed by atoms with Crippen molar-refractivity contribution in [2.75, 3.05) is 11.9 Å². The van der Waals surface area contributed by atoms with E-state index >= 15 is 0 Å². The summed E-state index contributed by atoms with van der Waals surface area (Å²) >= 11 is 0. The summed E-state index contributed by atoms with van der Waals surface area (Å²) in [5, 5.41) is 3.36. The van der Waals surface area contributed by atoms with E-state index in [0.29, 0.717) is 6.54 Å². The van der Waals surface area contributed by atoms with Crippen molar-refractivity contribution >= 4 is 11.6 Å². The molecule has 5 heteroatoms. The first-order valence-electron chi connectivity index (χ1n) is 5.39. The molecule has 0 radical (unpaired) electrons. The number of carbonyl (C=O) groups is 1. The van der Waals surface area contributed by atoms with Gasteiger partial charge in [0, 0.05) is 24.0 Å². The highest BCUT2D eigenvalue weighted by molar-refractivity contribution is 5.91. The van der Waals surface area contributed by atoms with Crippen LogP contribution in [0.1, 0.15) is 29.8 Å². The van der Waals surface area contributed by atoms with Crippen molar-refractivity contribution in [2.45, 2.75) is 24.8 Å². The molecule has 0 aliphatic heterocycles. The molecule has 1 aliphatic rings. The molecule has 86 valence electrons. The Balaban J connectivity index is 2.15. The highest BCUT2D eigenvalue weighted by atomic mass is 16.1. The molecule has 5 nitrogen and oxygen atoms in total. The van der Waals surface area contributed by atoms with E-state index in [-0.39, 0.29) is 11.2 Å². The molecule has 2 rings (SSSR count). The van der Waals surface area contributed by atoms with Crippen molar-refractivity contribution in [3.8, 4) is 0 Å². The van der Waals surface area contributed by atoms with Gasteiger partial charge in [-0.15, -0.1) is 0 Å². The van der Waals surface area contributed by atoms with Crippen molar-refractivity contribution in [2.24, 2.45) is 11.5 Å². The van der Waals surface area contributed by atoms with Gasteiger partial charge in [-0.25, -0.2) is 0 Å². The molecule has 0 spiro atoms. The summed E-state index contributed by atoms with van der Waals surface area (Å²) < 4.78 is 0. The molecule has 1 aliphatic carbocycles. The van der Waals surface area contributed by atoms with Crippen LogP contribution in [0.2, 0.25) is 0 Å². The number of hydrogen-bond donors (Lipinski definition) is 3. The van der Waals surface area contributed by atoms with E-state index in [1.165, 1.54) is 6.42 Å². The zero-order chi connectivity index (χ0) is 11.6. The maximum atomic E-state index is 11.0. The minimum atomic E-state index is -0.515. The van der Waals surface area contributed by atoms with Gasteiger partial charge >= 0.3 is 0 Å². The van der Waals surface area contributed by atoms with Crippen LogP contribution in [-0.4, -0.2) is 23.0 Å². The Hall–Kier alpha value is -1.62. The second-order valence-corrected chi connectivity index (χ2v) is 4.26. The van der Waals surface area contributed by atoms with Crippen LogP contribution in [0.15, 0.2) is 18.3 Å². The molecule has 1 amide bonds. The fraction of sp³-hybridized carbons (Fsp3) is 0.455. The van der Waals surface area contributed by atoms with Crippen LogP contribution in [0.4, 0.5) is 5.69 Å². The Kier molecular flexibility index (Phi) is 2.78. The van der Waals surface area contributed by atoms with Gasteiger partial charge in [-0.3, -0.25) is 9.78 Å². The number of nitrogens with zero attached hydrogens (tertiary/aromatic N) is 1. The lowest BCUT2D eigenvalue weighted by molar-refractivity contribution is 0.0995. The molecule has 0 unspecified atom stereocenters. The van der Waals surface area contributed by atoms with Crippen LogP contribution in [0.25, 0.3) is 0 Å². The number of pyridine rings is 1. The second kappa shape index (κ2) is 4.09. The first kappa shape index (κ1) is 10.9. The molecule has 1 saturated carbocycles. The number of aromatic nitrogens is 1. The smallest absolute Gasteiger partial charge is 0.267 e. The van der Waals surface area contributed by atoms with Crippen molar-refractivity contribution in [3.05, 3.63) is 24.0 Å². The van der Waals surface area contributed by atoms with E-state index < -0.39 is 5.91 Å². The maximum absolute atomic E-state index is 11.0. The van der Waals surface area contributed by atoms with Gasteiger partial charge in [-0.2, -0.15) is 0 Å². The third-order valence-corrected chi connectivity index (χ3v) is 3.12. The summed E-state index contributed by atoms with van der Waals surface area (Å²) in [6.07, 6.45) is 4.90. The summed E-state index contributed by atoms with van der Waals surface area (Å²) in [6.45, 7) is 0.598. The molecule has 0 aromatic carbocycles. The van der Waals surface area contributed by atoms with Gasteiger partial charge in [0.2, 0.25) is 0 Å². The summed E-state index contributed by atoms with van der Waals surface area (Å²) in [5.74, 6) is -0.515. The Morgan fingerprint density at radius 1 is 1.56 bits per heavy atom. The monoisotopic (exact) mass is 220 g/mol. The predicted octanol–water partition coefficient (Wildman–Crippen LogP) is 0.474. The molecule has 1 aromatic rings. The SMILES string of the molecule is NCC1(Nc2ccnc(C(N)=O)c2)CCC1. The molecule has 16 heavy (non-hydrogen) atoms. The molecule has 5 N–H and O–H groups in total. The molecule has 1 fully saturated rings. The van der Waals surface area contributed by atoms with E-state index in [9.17, 15) is 4.79 Å². The molecular formula is C11H16N4O. The molecule has 0 saturated heterocycles. The largest absolute Gasteiger partial charge is 0.378 e. The number of nitrogens with one attached hydrogen (secondary N) is 1. The predicted molar refractivity (Wildman–Crippen MR) is 62.0 cm³/mol. The lowest BCUT2D eigenvalue weighted by Crippen LogP contribution is -2.51. The normalized spacial score (nSPS) is 17.6. The summed E-state index contributed by atoms with van der Waals surface area (Å²) in [5.41, 5.74) is 12.0. The van der Waals surface area contributed by atoms with Crippen LogP contribution < -0.4 is 16.8 Å². The molecule has 0 bridgehead atoms. The van der Waals surface area contributed by atoms with E-state index in [1.807, 2.05) is 6.07 Å². The lowest BCUT2D eigenvalue weighted by Gasteiger charge is -2.42. The van der Waals surface area contributed by atoms with Crippen molar-refractivity contribution < 1.29 is 4.79 Å². The van der Waals surface area contributed by atoms with Crippen LogP contribution in [-0.2, 0) is 0 Å². The number of primary amides is 1. The van der Waals surface area contributed by atoms with Gasteiger partial charge in [-0.1, -0.05) is 0 Å². The molecule has 1 heterocycles. The second-order valence-electron chi connectivity index (χ2n) is 4.26. The van der Waals surface area contributed by atoms with Gasteiger partial charge in [0.25, 0.3) is 5.91 Å². The van der Waals surface area contributed by atoms with Crippen LogP contribution in [0, 0.1) is 0 Å². The Labute approximate surface area is 94.2 Å². The molecular weight excluding hydrogens is 204 g/mol. The fourth-order valence-electron chi connectivity index (χ4n) is 1.93. The van der Waals surface area contributed by atoms with Gasteiger partial charge in [-0.05, 0) is 31.4 Å². The molecule has 0 atom stereocenters. The number of hydrogen-bond acceptors (Lipinski definition) is 4. The number of nitrogens with two attached hydrogens (primary N) is 2. The van der Waals surface area contributed by atoms with Gasteiger partial charge < -0.3 is 16.8 Å². The summed E-state index contributed by atoms with van der Waals surface area (Å²) in [7, 11) is 0. The topological polar surface area (TPSA) is 94.0 Å². The minimum Gasteiger partial charge on any atom is -0.378 e. The third kappa shape index (κ3) is 1.99. The Bertz CT molecular complexity index is 395. The summed E-state index contributed by atoms with van der Waals surface area (Å²) in [4.78, 5) is 14.9. The van der Waals surface area contributed by atoms with Gasteiger partial charge in [0.15, 0.2) is 0 Å². The van der Waals surface area contributed by atoms with Crippen molar-refractivity contribution in [1.82, 2.24) is 4.98 Å². The third-order valence-electron chi connectivity index (χ3n) is 3.12. The highest BCUT2D eigenvalue weighted by Crippen LogP contribution is 2.34. The Morgan fingerprint density at radius 2 is 2.31 bits per heavy atom. The van der Waals surface area contributed by atoms with Crippen molar-refractivity contribution in [1.29, 1.82) is 0 Å². The average molecular weight is 220 g/mol. The van der Waals surface area contributed by atoms with Crippen molar-refractivity contribution in [3.63, 3.8) is 0 Å². The lowest BCUT2D eigenvalue weighted by atomic mass is 9.76. The Morgan fingerprint density at radius 3 is 2.81 bits per heavy atom. The standard InChI is InChI=1S/C11H16N4O/c12-7-11(3-1-4-11)15-8-2-5-14-9(6-8)10(13)16/h2,5-6H,1,3-4,7,12H2,(H2,13,16)(H,14,15). The first-order valence-corrected chi connectivity index (χ1v) is 5.39. The first-order chi connectivity index (χ1) is 7.65. The van der Waals surface area contributed by atoms with Gasteiger partial charge in [0.1, 0.15) is 5.69 Å². The zero-order valence-corrected chi connectivity index (χ0v) is 9.07. The summed E-state index contributed by atoms with van der Waals surface area (Å²) in [6, 6.07) is 3.49. The number of anilines is 1.